The number of benzene rings is 2. The summed E-state index contributed by atoms with van der Waals surface area (Å²) in [5.74, 6) is 0.576. The Morgan fingerprint density at radius 3 is 2.58 bits per heavy atom. The zero-order chi connectivity index (χ0) is 22.8. The molecule has 10 heteroatoms. The zero-order valence-corrected chi connectivity index (χ0v) is 18.6. The molecule has 0 saturated heterocycles. The van der Waals surface area contributed by atoms with Crippen LogP contribution in [0.25, 0.3) is 11.1 Å². The molecule has 0 bridgehead atoms. The number of sulfonamides is 1. The van der Waals surface area contributed by atoms with E-state index in [-0.39, 0.29) is 5.02 Å². The minimum Gasteiger partial charge on any atom is -0.494 e. The van der Waals surface area contributed by atoms with Crippen molar-refractivity contribution in [2.45, 2.75) is 24.3 Å². The van der Waals surface area contributed by atoms with Crippen LogP contribution in [0.2, 0.25) is 5.02 Å². The van der Waals surface area contributed by atoms with Crippen molar-refractivity contribution in [3.8, 4) is 16.9 Å². The third kappa shape index (κ3) is 4.84. The van der Waals surface area contributed by atoms with E-state index in [1.165, 1.54) is 6.07 Å². The number of ether oxygens (including phenoxy) is 1. The van der Waals surface area contributed by atoms with Crippen LogP contribution in [0.1, 0.15) is 19.4 Å². The van der Waals surface area contributed by atoms with Gasteiger partial charge in [-0.3, -0.25) is 15.1 Å². The van der Waals surface area contributed by atoms with Crippen molar-refractivity contribution in [2.75, 3.05) is 7.11 Å². The first-order valence-electron chi connectivity index (χ1n) is 9.12. The smallest absolute Gasteiger partial charge is 0.289 e. The Kier molecular flexibility index (Phi) is 6.30. The number of nitro benzene ring substituents is 1. The molecule has 0 radical (unpaired) electrons. The van der Waals surface area contributed by atoms with Gasteiger partial charge in [-0.05, 0) is 49.2 Å². The van der Waals surface area contributed by atoms with Crippen LogP contribution in [-0.2, 0) is 15.6 Å². The first-order chi connectivity index (χ1) is 14.5. The number of nitrogens with zero attached hydrogens (tertiary/aromatic N) is 2. The normalized spacial score (nSPS) is 11.9. The second-order valence-electron chi connectivity index (χ2n) is 7.26. The van der Waals surface area contributed by atoms with Crippen LogP contribution in [0, 0.1) is 10.1 Å². The molecule has 0 spiro atoms. The Balaban J connectivity index is 2.02. The molecule has 162 valence electrons. The van der Waals surface area contributed by atoms with Gasteiger partial charge in [0.25, 0.3) is 5.69 Å². The fourth-order valence-electron chi connectivity index (χ4n) is 3.16. The summed E-state index contributed by atoms with van der Waals surface area (Å²) in [7, 11) is -2.72. The van der Waals surface area contributed by atoms with E-state index in [2.05, 4.69) is 9.71 Å². The maximum Gasteiger partial charge on any atom is 0.289 e. The lowest BCUT2D eigenvalue weighted by atomic mass is 9.92. The van der Waals surface area contributed by atoms with Crippen molar-refractivity contribution < 1.29 is 18.1 Å². The van der Waals surface area contributed by atoms with Gasteiger partial charge >= 0.3 is 0 Å². The van der Waals surface area contributed by atoms with Crippen molar-refractivity contribution >= 4 is 27.3 Å². The highest BCUT2D eigenvalue weighted by molar-refractivity contribution is 7.89. The maximum atomic E-state index is 13.1. The molecular formula is C21H20ClN3O5S. The molecule has 0 amide bonds. The molecule has 31 heavy (non-hydrogen) atoms. The second-order valence-corrected chi connectivity index (χ2v) is 9.34. The van der Waals surface area contributed by atoms with E-state index in [0.717, 1.165) is 23.3 Å². The summed E-state index contributed by atoms with van der Waals surface area (Å²) >= 11 is 5.90. The molecule has 0 aliphatic heterocycles. The van der Waals surface area contributed by atoms with Crippen LogP contribution in [0.4, 0.5) is 5.69 Å². The van der Waals surface area contributed by atoms with Crippen LogP contribution in [-0.4, -0.2) is 25.4 Å². The average molecular weight is 462 g/mol. The molecule has 0 unspecified atom stereocenters. The molecule has 0 saturated carbocycles. The standard InChI is InChI=1S/C21H20ClN3O5S/c1-21(2,24-31(28,29)20-12-16(22)7-8-18(20)25(26)27)15-6-4-5-14(11-15)17-9-10-23-13-19(17)30-3/h4-13,24H,1-3H3. The van der Waals surface area contributed by atoms with Gasteiger partial charge < -0.3 is 4.74 Å². The lowest BCUT2D eigenvalue weighted by Gasteiger charge is -2.27. The van der Waals surface area contributed by atoms with Gasteiger partial charge in [-0.15, -0.1) is 0 Å². The quantitative estimate of drug-likeness (QED) is 0.408. The van der Waals surface area contributed by atoms with Gasteiger partial charge in [0.2, 0.25) is 10.0 Å². The SMILES string of the molecule is COc1cnccc1-c1cccc(C(C)(C)NS(=O)(=O)c2cc(Cl)ccc2[N+](=O)[O-])c1. The molecule has 1 aromatic heterocycles. The van der Waals surface area contributed by atoms with Crippen LogP contribution in [0.3, 0.4) is 0 Å². The zero-order valence-electron chi connectivity index (χ0n) is 17.0. The molecule has 0 aliphatic rings. The van der Waals surface area contributed by atoms with Gasteiger partial charge in [0.1, 0.15) is 5.75 Å². The monoisotopic (exact) mass is 461 g/mol. The Morgan fingerprint density at radius 2 is 1.90 bits per heavy atom. The van der Waals surface area contributed by atoms with Crippen molar-refractivity contribution in [1.29, 1.82) is 0 Å². The predicted octanol–water partition coefficient (Wildman–Crippen LogP) is 4.53. The van der Waals surface area contributed by atoms with Gasteiger partial charge in [-0.25, -0.2) is 13.1 Å². The number of methoxy groups -OCH3 is 1. The summed E-state index contributed by atoms with van der Waals surface area (Å²) in [5.41, 5.74) is 0.604. The van der Waals surface area contributed by atoms with Gasteiger partial charge in [0, 0.05) is 22.8 Å². The van der Waals surface area contributed by atoms with E-state index < -0.39 is 31.1 Å². The first kappa shape index (κ1) is 22.7. The number of nitro groups is 1. The highest BCUT2D eigenvalue weighted by Crippen LogP contribution is 2.33. The van der Waals surface area contributed by atoms with Crippen molar-refractivity contribution in [1.82, 2.24) is 9.71 Å². The lowest BCUT2D eigenvalue weighted by Crippen LogP contribution is -2.41. The number of aromatic nitrogens is 1. The van der Waals surface area contributed by atoms with Gasteiger partial charge in [0.05, 0.1) is 23.8 Å². The molecule has 0 atom stereocenters. The summed E-state index contributed by atoms with van der Waals surface area (Å²) in [6.07, 6.45) is 3.23. The first-order valence-corrected chi connectivity index (χ1v) is 11.0. The molecule has 1 heterocycles. The van der Waals surface area contributed by atoms with E-state index >= 15 is 0 Å². The summed E-state index contributed by atoms with van der Waals surface area (Å²) in [4.78, 5) is 14.1. The molecule has 2 aromatic carbocycles. The minimum atomic E-state index is -4.27. The summed E-state index contributed by atoms with van der Waals surface area (Å²) in [6.45, 7) is 3.34. The third-order valence-corrected chi connectivity index (χ3v) is 6.62. The number of rotatable bonds is 7. The van der Waals surface area contributed by atoms with E-state index in [9.17, 15) is 18.5 Å². The highest BCUT2D eigenvalue weighted by atomic mass is 35.5. The van der Waals surface area contributed by atoms with Crippen molar-refractivity contribution in [3.63, 3.8) is 0 Å². The molecule has 3 rings (SSSR count). The molecule has 3 aromatic rings. The molecule has 1 N–H and O–H groups in total. The number of nitrogens with one attached hydrogen (secondary N) is 1. The van der Waals surface area contributed by atoms with Crippen molar-refractivity contribution in [3.05, 3.63) is 81.6 Å². The Bertz CT molecular complexity index is 1250. The van der Waals surface area contributed by atoms with Crippen LogP contribution in [0.5, 0.6) is 5.75 Å². The summed E-state index contributed by atoms with van der Waals surface area (Å²) in [6, 6.07) is 12.5. The molecule has 0 aliphatic carbocycles. The van der Waals surface area contributed by atoms with E-state index in [1.54, 1.807) is 51.6 Å². The Labute approximate surface area is 185 Å². The Hall–Kier alpha value is -3.01. The summed E-state index contributed by atoms with van der Waals surface area (Å²) < 4.78 is 34.0. The van der Waals surface area contributed by atoms with Gasteiger partial charge in [-0.2, -0.15) is 0 Å². The van der Waals surface area contributed by atoms with Crippen LogP contribution >= 0.6 is 11.6 Å². The third-order valence-electron chi connectivity index (χ3n) is 4.70. The number of pyridine rings is 1. The summed E-state index contributed by atoms with van der Waals surface area (Å²) in [5, 5.41) is 11.4. The number of hydrogen-bond acceptors (Lipinski definition) is 6. The maximum absolute atomic E-state index is 13.1. The van der Waals surface area contributed by atoms with Crippen molar-refractivity contribution in [2.24, 2.45) is 0 Å². The van der Waals surface area contributed by atoms with Gasteiger partial charge in [0.15, 0.2) is 4.90 Å². The fourth-order valence-corrected chi connectivity index (χ4v) is 5.00. The molecule has 0 fully saturated rings. The fraction of sp³-hybridized carbons (Fsp3) is 0.190. The van der Waals surface area contributed by atoms with Gasteiger partial charge in [-0.1, -0.05) is 29.8 Å². The van der Waals surface area contributed by atoms with E-state index in [0.29, 0.717) is 11.3 Å². The average Bonchev–Trinajstić information content (AvgIpc) is 2.73. The molecule has 8 nitrogen and oxygen atoms in total. The van der Waals surface area contributed by atoms with E-state index in [4.69, 9.17) is 16.3 Å². The molecular weight excluding hydrogens is 442 g/mol. The predicted molar refractivity (Wildman–Crippen MR) is 118 cm³/mol. The number of halogens is 1. The largest absolute Gasteiger partial charge is 0.494 e. The highest BCUT2D eigenvalue weighted by Gasteiger charge is 2.33. The van der Waals surface area contributed by atoms with Crippen LogP contribution in [0.15, 0.2) is 65.8 Å². The lowest BCUT2D eigenvalue weighted by molar-refractivity contribution is -0.387. The van der Waals surface area contributed by atoms with Crippen LogP contribution < -0.4 is 9.46 Å². The Morgan fingerprint density at radius 1 is 1.16 bits per heavy atom. The topological polar surface area (TPSA) is 111 Å². The van der Waals surface area contributed by atoms with E-state index in [1.807, 2.05) is 12.1 Å². The minimum absolute atomic E-state index is 0.0792. The number of hydrogen-bond donors (Lipinski definition) is 1. The second kappa shape index (κ2) is 8.62.